The van der Waals surface area contributed by atoms with Gasteiger partial charge in [0.05, 0.1) is 12.5 Å². The molecule has 0 bridgehead atoms. The molecule has 0 unspecified atom stereocenters. The van der Waals surface area contributed by atoms with Crippen LogP contribution in [0, 0.1) is 5.92 Å². The number of alkyl halides is 3. The van der Waals surface area contributed by atoms with E-state index in [-0.39, 0.29) is 13.0 Å². The number of rotatable bonds is 5. The molecule has 0 spiro atoms. The molecular weight excluding hydrogens is 271 g/mol. The fourth-order valence-corrected chi connectivity index (χ4v) is 2.48. The molecular formula is C12H20F3N5. The van der Waals surface area contributed by atoms with Gasteiger partial charge in [-0.2, -0.15) is 13.2 Å². The van der Waals surface area contributed by atoms with Crippen LogP contribution in [0.3, 0.4) is 0 Å². The summed E-state index contributed by atoms with van der Waals surface area (Å²) < 4.78 is 40.0. The topological polar surface area (TPSA) is 46.8 Å². The van der Waals surface area contributed by atoms with Crippen molar-refractivity contribution in [2.24, 2.45) is 5.92 Å². The average Bonchev–Trinajstić information content (AvgIpc) is 2.83. The molecule has 1 aliphatic rings. The highest BCUT2D eigenvalue weighted by molar-refractivity contribution is 4.85. The number of nitrogens with zero attached hydrogens (tertiary/aromatic N) is 5. The van der Waals surface area contributed by atoms with Crippen LogP contribution in [0.1, 0.15) is 38.4 Å². The van der Waals surface area contributed by atoms with Crippen molar-refractivity contribution in [2.75, 3.05) is 13.1 Å². The van der Waals surface area contributed by atoms with E-state index >= 15 is 0 Å². The molecule has 1 aromatic rings. The lowest BCUT2D eigenvalue weighted by Gasteiger charge is -2.33. The zero-order chi connectivity index (χ0) is 14.6. The highest BCUT2D eigenvalue weighted by atomic mass is 19.4. The first-order valence-electron chi connectivity index (χ1n) is 7.04. The van der Waals surface area contributed by atoms with Gasteiger partial charge in [0.2, 0.25) is 0 Å². The summed E-state index contributed by atoms with van der Waals surface area (Å²) in [5.41, 5.74) is 0. The summed E-state index contributed by atoms with van der Waals surface area (Å²) in [4.78, 5) is 1.80. The van der Waals surface area contributed by atoms with Gasteiger partial charge >= 0.3 is 6.18 Å². The number of hydrogen-bond acceptors (Lipinski definition) is 4. The van der Waals surface area contributed by atoms with Crippen molar-refractivity contribution in [3.8, 4) is 0 Å². The number of halogens is 3. The molecule has 2 heterocycles. The van der Waals surface area contributed by atoms with Gasteiger partial charge in [-0.3, -0.25) is 4.90 Å². The first-order valence-corrected chi connectivity index (χ1v) is 7.04. The van der Waals surface area contributed by atoms with Gasteiger partial charge in [-0.25, -0.2) is 4.68 Å². The first kappa shape index (κ1) is 15.2. The second-order valence-electron chi connectivity index (χ2n) is 5.29. The monoisotopic (exact) mass is 291 g/mol. The molecule has 20 heavy (non-hydrogen) atoms. The predicted molar refractivity (Wildman–Crippen MR) is 66.8 cm³/mol. The van der Waals surface area contributed by atoms with Crippen LogP contribution >= 0.6 is 0 Å². The SMILES string of the molecule is CCCCn1nnnc1CN1CCC[C@@H](C(F)(F)F)C1. The van der Waals surface area contributed by atoms with Gasteiger partial charge in [0.15, 0.2) is 5.82 Å². The molecule has 0 saturated carbocycles. The summed E-state index contributed by atoms with van der Waals surface area (Å²) in [5, 5.41) is 11.4. The molecule has 1 fully saturated rings. The lowest BCUT2D eigenvalue weighted by Crippen LogP contribution is -2.41. The van der Waals surface area contributed by atoms with Crippen molar-refractivity contribution in [3.05, 3.63) is 5.82 Å². The lowest BCUT2D eigenvalue weighted by molar-refractivity contribution is -0.187. The highest BCUT2D eigenvalue weighted by Gasteiger charge is 2.41. The van der Waals surface area contributed by atoms with Crippen LogP contribution in [0.15, 0.2) is 0 Å². The number of aromatic nitrogens is 4. The standard InChI is InChI=1S/C12H20F3N5/c1-2-3-7-20-11(16-17-18-20)9-19-6-4-5-10(8-19)12(13,14)15/h10H,2-9H2,1H3/t10-/m1/s1. The van der Waals surface area contributed by atoms with Crippen LogP contribution < -0.4 is 0 Å². The van der Waals surface area contributed by atoms with Crippen molar-refractivity contribution in [3.63, 3.8) is 0 Å². The minimum atomic E-state index is -4.10. The van der Waals surface area contributed by atoms with Gasteiger partial charge in [0.1, 0.15) is 0 Å². The Hall–Kier alpha value is -1.18. The van der Waals surface area contributed by atoms with E-state index in [2.05, 4.69) is 22.4 Å². The maximum Gasteiger partial charge on any atom is 0.393 e. The second-order valence-corrected chi connectivity index (χ2v) is 5.29. The van der Waals surface area contributed by atoms with Gasteiger partial charge in [0, 0.05) is 13.1 Å². The van der Waals surface area contributed by atoms with E-state index < -0.39 is 12.1 Å². The van der Waals surface area contributed by atoms with Gasteiger partial charge in [-0.05, 0) is 36.2 Å². The van der Waals surface area contributed by atoms with Gasteiger partial charge in [0.25, 0.3) is 0 Å². The van der Waals surface area contributed by atoms with E-state index in [1.54, 1.807) is 9.58 Å². The van der Waals surface area contributed by atoms with E-state index in [4.69, 9.17) is 0 Å². The largest absolute Gasteiger partial charge is 0.393 e. The fraction of sp³-hybridized carbons (Fsp3) is 0.917. The van der Waals surface area contributed by atoms with Crippen molar-refractivity contribution < 1.29 is 13.2 Å². The quantitative estimate of drug-likeness (QED) is 0.835. The molecule has 0 aliphatic carbocycles. The summed E-state index contributed by atoms with van der Waals surface area (Å²) in [6.07, 6.45) is -1.32. The third-order valence-electron chi connectivity index (χ3n) is 3.66. The van der Waals surface area contributed by atoms with Crippen LogP contribution in [0.25, 0.3) is 0 Å². The van der Waals surface area contributed by atoms with Gasteiger partial charge in [-0.1, -0.05) is 13.3 Å². The molecule has 114 valence electrons. The summed E-state index contributed by atoms with van der Waals surface area (Å²) in [6.45, 7) is 3.90. The molecule has 1 aromatic heterocycles. The van der Waals surface area contributed by atoms with Crippen LogP contribution in [0.4, 0.5) is 13.2 Å². The van der Waals surface area contributed by atoms with Crippen molar-refractivity contribution in [1.29, 1.82) is 0 Å². The minimum absolute atomic E-state index is 0.0458. The van der Waals surface area contributed by atoms with Crippen molar-refractivity contribution in [1.82, 2.24) is 25.1 Å². The summed E-state index contributed by atoms with van der Waals surface area (Å²) in [7, 11) is 0. The van der Waals surface area contributed by atoms with Crippen LogP contribution in [0.5, 0.6) is 0 Å². The Kier molecular flexibility index (Phi) is 4.95. The molecule has 0 N–H and O–H groups in total. The fourth-order valence-electron chi connectivity index (χ4n) is 2.48. The smallest absolute Gasteiger partial charge is 0.295 e. The Bertz CT molecular complexity index is 417. The van der Waals surface area contributed by atoms with Crippen LogP contribution in [0.2, 0.25) is 0 Å². The molecule has 5 nitrogen and oxygen atoms in total. The Labute approximate surface area is 116 Å². The predicted octanol–water partition coefficient (Wildman–Crippen LogP) is 2.25. The van der Waals surface area contributed by atoms with E-state index in [0.717, 1.165) is 19.4 Å². The van der Waals surface area contributed by atoms with E-state index in [0.29, 0.717) is 25.3 Å². The third kappa shape index (κ3) is 3.91. The second kappa shape index (κ2) is 6.51. The molecule has 2 rings (SSSR count). The zero-order valence-corrected chi connectivity index (χ0v) is 11.6. The number of likely N-dealkylation sites (tertiary alicyclic amines) is 1. The van der Waals surface area contributed by atoms with E-state index in [1.807, 2.05) is 0 Å². The minimum Gasteiger partial charge on any atom is -0.295 e. The average molecular weight is 291 g/mol. The van der Waals surface area contributed by atoms with E-state index in [9.17, 15) is 13.2 Å². The third-order valence-corrected chi connectivity index (χ3v) is 3.66. The maximum atomic E-state index is 12.8. The van der Waals surface area contributed by atoms with Crippen molar-refractivity contribution >= 4 is 0 Å². The van der Waals surface area contributed by atoms with Crippen LogP contribution in [-0.2, 0) is 13.1 Å². The molecule has 1 saturated heterocycles. The maximum absolute atomic E-state index is 12.8. The molecule has 1 aliphatic heterocycles. The molecule has 0 amide bonds. The Balaban J connectivity index is 1.94. The molecule has 0 aromatic carbocycles. The van der Waals surface area contributed by atoms with Crippen LogP contribution in [-0.4, -0.2) is 44.4 Å². The summed E-state index contributed by atoms with van der Waals surface area (Å²) >= 11 is 0. The summed E-state index contributed by atoms with van der Waals surface area (Å²) in [6, 6.07) is 0. The Morgan fingerprint density at radius 1 is 1.35 bits per heavy atom. The number of unbranched alkanes of at least 4 members (excludes halogenated alkanes) is 1. The zero-order valence-electron chi connectivity index (χ0n) is 11.6. The Morgan fingerprint density at radius 3 is 2.85 bits per heavy atom. The highest BCUT2D eigenvalue weighted by Crippen LogP contribution is 2.33. The number of hydrogen-bond donors (Lipinski definition) is 0. The molecule has 1 atom stereocenters. The van der Waals surface area contributed by atoms with Gasteiger partial charge < -0.3 is 0 Å². The molecule has 0 radical (unpaired) electrons. The Morgan fingerprint density at radius 2 is 2.15 bits per heavy atom. The summed E-state index contributed by atoms with van der Waals surface area (Å²) in [5.74, 6) is -0.572. The van der Waals surface area contributed by atoms with E-state index in [1.165, 1.54) is 0 Å². The number of tetrazole rings is 1. The normalized spacial score (nSPS) is 21.3. The lowest BCUT2D eigenvalue weighted by atomic mass is 9.97. The first-order chi connectivity index (χ1) is 9.50. The van der Waals surface area contributed by atoms with Gasteiger partial charge in [-0.15, -0.1) is 5.10 Å². The van der Waals surface area contributed by atoms with Crippen molar-refractivity contribution in [2.45, 2.75) is 51.9 Å². The number of aryl methyl sites for hydroxylation is 1. The number of piperidine rings is 1. The molecule has 8 heteroatoms.